The Balaban J connectivity index is 0.000000265. The van der Waals surface area contributed by atoms with Crippen molar-refractivity contribution in [2.45, 2.75) is 81.0 Å². The first-order valence-corrected chi connectivity index (χ1v) is 38.4. The van der Waals surface area contributed by atoms with Crippen LogP contribution >= 0.6 is 0 Å². The third kappa shape index (κ3) is 28.5. The molecule has 0 saturated heterocycles. The summed E-state index contributed by atoms with van der Waals surface area (Å²) in [4.78, 5) is 70.7. The molecule has 0 saturated carbocycles. The van der Waals surface area contributed by atoms with E-state index >= 15 is 0 Å². The van der Waals surface area contributed by atoms with Gasteiger partial charge in [0.2, 0.25) is 0 Å². The lowest BCUT2D eigenvalue weighted by molar-refractivity contribution is -0.114. The zero-order valence-electron chi connectivity index (χ0n) is 122. The molecule has 4 heterocycles. The Morgan fingerprint density at radius 2 is 0.682 bits per heavy atom. The maximum atomic E-state index is 14.5. The largest absolute Gasteiger partial charge is 0.494 e. The van der Waals surface area contributed by atoms with Gasteiger partial charge in [-0.2, -0.15) is 21.0 Å². The van der Waals surface area contributed by atoms with Crippen molar-refractivity contribution < 1.29 is 124 Å². The highest BCUT2D eigenvalue weighted by atomic mass is 19.1. The molecule has 0 unspecified atom stereocenters. The molecule has 28 heteroatoms. The second kappa shape index (κ2) is 48.9. The van der Waals surface area contributed by atoms with Crippen LogP contribution in [-0.2, 0) is 44.9 Å². The SMILES string of the molecule is [2H]/C(=C\C(=O)Cc1c(OC([2H])([2H])C([2H])([2H])[2H])c([2H])c2nc([2H])c(C#N)c(Nc3c([2H])c([2H])c(F)c(C)c3[2H])c2c1[2H])C([2H])([2H])N(C)C([2H])([2H])[2H].[2H]/C(=C\C(=O)Cc1c(OC([2H])([2H])C)c([2H])c2nc([2H])c(C#N)c(Nc3c([2H])c([2H])c(F)c(C)c3[2H])c2c1[2H])C([2H])([2H])N(C)C([2H])([2H])[2H].[2H]/C(=C\C(=O)Cc1c(OCC)c([2H])c2nc([2H])c(C#N)c(Nc3c([2H])c([2H])c(F)c(C)c3[2H])c2c1[2H])C([2H])([2H])N(C)C([2H])([2H])[2H].[2H]/C(=C\CN(C)C)C(=O)Cc1c(OCC)c([2H])c2nc([2H])c(C#N)c(Nc3c([2H])c([2H])c(F)c(C)c3[2H])c2c1[2H]. The molecule has 4 aromatic heterocycles. The van der Waals surface area contributed by atoms with Crippen LogP contribution in [0.4, 0.5) is 63.1 Å². The number of aromatic nitrogens is 4. The molecular formula is C104H108F4N16O8. The van der Waals surface area contributed by atoms with E-state index in [4.69, 9.17) is 87.5 Å². The smallest absolute Gasteiger partial charge is 0.159 e. The van der Waals surface area contributed by atoms with Gasteiger partial charge < -0.3 is 59.8 Å². The fraction of sp³-hybridized carbons (Fsp3) is 0.269. The number of anilines is 8. The van der Waals surface area contributed by atoms with Gasteiger partial charge in [-0.1, -0.05) is 24.2 Å². The van der Waals surface area contributed by atoms with E-state index < -0.39 is 374 Å². The van der Waals surface area contributed by atoms with Gasteiger partial charge in [0.05, 0.1) is 137 Å². The Morgan fingerprint density at radius 1 is 0.409 bits per heavy atom. The molecule has 0 bridgehead atoms. The first-order chi connectivity index (χ1) is 83.4. The number of fused-ring (bicyclic) bond motifs is 4. The van der Waals surface area contributed by atoms with Crippen molar-refractivity contribution in [1.29, 1.82) is 21.0 Å². The highest BCUT2D eigenvalue weighted by molar-refractivity contribution is 6.03. The Morgan fingerprint density at radius 3 is 0.932 bits per heavy atom. The number of pyridine rings is 4. The summed E-state index contributed by atoms with van der Waals surface area (Å²) in [6.45, 7) is -18.2. The van der Waals surface area contributed by atoms with Crippen LogP contribution in [0.1, 0.15) is 163 Å². The maximum Gasteiger partial charge on any atom is 0.159 e. The van der Waals surface area contributed by atoms with E-state index in [0.717, 1.165) is 35.0 Å². The second-order valence-corrected chi connectivity index (χ2v) is 27.1. The summed E-state index contributed by atoms with van der Waals surface area (Å²) in [6.07, 6.45) is -3.38. The standard InChI is InChI=1S/4C26H27FN4O2/c4*1-5-33-25-14-24-22(13-18(25)12-21(32)7-6-10-31(3)4)26(19(15-28)16-29-24)30-20-8-9-23(27)17(2)11-20/h4*6-9,11,13-14,16H,5,10,12H2,1-4H3,(H,29,30)/b4*7-6+/i1D3,3D3,5D2,6D,8D,9D,10D2,11D,13D,14D,16D;3D3,5D2,6D,8D,9D,10D2,11D,13D,14D,16D;3D3,6D,8D,9D,10D2,11D,13D,14D,16D;7D,8D,9D,11D,13D,14D,16D. The third-order valence-corrected chi connectivity index (χ3v) is 16.8. The molecular weight excluding hydrogens is 1680 g/mol. The second-order valence-electron chi connectivity index (χ2n) is 27.1. The average Bonchev–Trinajstić information content (AvgIpc) is 0.740. The van der Waals surface area contributed by atoms with Gasteiger partial charge in [0.25, 0.3) is 0 Å². The zero-order chi connectivity index (χ0) is 139. The monoisotopic (exact) mass is 1840 g/mol. The molecule has 8 aromatic carbocycles. The molecule has 0 amide bonds. The molecule has 0 aliphatic rings. The van der Waals surface area contributed by atoms with Gasteiger partial charge in [0, 0.05) is 192 Å². The van der Waals surface area contributed by atoms with Crippen LogP contribution < -0.4 is 40.2 Å². The van der Waals surface area contributed by atoms with Crippen LogP contribution in [0.5, 0.6) is 23.0 Å². The summed E-state index contributed by atoms with van der Waals surface area (Å²) in [5.74, 6) is -10.6. The molecule has 132 heavy (non-hydrogen) atoms. The fourth-order valence-electron chi connectivity index (χ4n) is 11.0. The molecule has 0 spiro atoms. The minimum Gasteiger partial charge on any atom is -0.494 e. The van der Waals surface area contributed by atoms with Crippen LogP contribution in [0.15, 0.2) is 194 Å². The maximum absolute atomic E-state index is 14.5. The Kier molecular flexibility index (Phi) is 19.0. The number of allylic oxidation sites excluding steroid dienone is 4. The molecule has 24 nitrogen and oxygen atoms in total. The quantitative estimate of drug-likeness (QED) is 0.0209. The van der Waals surface area contributed by atoms with Gasteiger partial charge in [-0.25, -0.2) is 17.6 Å². The first-order valence-electron chi connectivity index (χ1n) is 63.4. The summed E-state index contributed by atoms with van der Waals surface area (Å²) in [6, 6.07) is -10.7. The van der Waals surface area contributed by atoms with E-state index in [1.54, 1.807) is 57.1 Å². The normalized spacial score (nSPS) is 17.8. The molecule has 0 fully saturated rings. The van der Waals surface area contributed by atoms with E-state index in [0.29, 0.717) is 24.8 Å². The predicted octanol–water partition coefficient (Wildman–Crippen LogP) is 19.7. The summed E-state index contributed by atoms with van der Waals surface area (Å²) < 4.78 is 483. The fourth-order valence-corrected chi connectivity index (χ4v) is 11.0. The van der Waals surface area contributed by atoms with Gasteiger partial charge in [-0.3, -0.25) is 39.1 Å². The summed E-state index contributed by atoms with van der Waals surface area (Å²) >= 11 is 0. The number of ketones is 4. The number of nitrogens with one attached hydrogen (secondary N) is 4. The molecule has 0 atom stereocenters. The number of benzene rings is 8. The van der Waals surface area contributed by atoms with Crippen molar-refractivity contribution in [3.05, 3.63) is 284 Å². The summed E-state index contributed by atoms with van der Waals surface area (Å²) in [7, 11) is 6.15. The molecule has 680 valence electrons. The molecule has 0 radical (unpaired) electrons. The average molecular weight is 1840 g/mol. The van der Waals surface area contributed by atoms with Gasteiger partial charge in [0.15, 0.2) is 23.1 Å². The van der Waals surface area contributed by atoms with Crippen LogP contribution in [0.25, 0.3) is 43.6 Å². The predicted molar refractivity (Wildman–Crippen MR) is 514 cm³/mol. The molecule has 12 rings (SSSR count). The number of carbonyl (C=O) groups excluding carboxylic acids is 4. The van der Waals surface area contributed by atoms with Crippen molar-refractivity contribution in [2.75, 3.05) is 130 Å². The van der Waals surface area contributed by atoms with Crippen molar-refractivity contribution >= 4 is 112 Å². The van der Waals surface area contributed by atoms with E-state index in [1.165, 1.54) is 26.8 Å². The number of nitrogens with zero attached hydrogens (tertiary/aromatic N) is 12. The Bertz CT molecular complexity index is 9200. The number of hydrogen-bond donors (Lipinski definition) is 4. The van der Waals surface area contributed by atoms with Crippen molar-refractivity contribution in [3.8, 4) is 47.3 Å². The van der Waals surface area contributed by atoms with Gasteiger partial charge in [-0.15, -0.1) is 0 Å². The van der Waals surface area contributed by atoms with Crippen molar-refractivity contribution in [1.82, 2.24) is 39.5 Å². The lowest BCUT2D eigenvalue weighted by Crippen LogP contribution is -2.11. The lowest BCUT2D eigenvalue weighted by atomic mass is 10.0. The first kappa shape index (κ1) is 51.4. The number of likely N-dealkylation sites (N-methyl/N-ethyl adjacent to an activating group) is 4. The summed E-state index contributed by atoms with van der Waals surface area (Å²) in [5, 5.41) is 48.4. The Hall–Kier alpha value is -15.0. The van der Waals surface area contributed by atoms with Crippen LogP contribution in [-0.4, -0.2) is 171 Å². The van der Waals surface area contributed by atoms with Crippen molar-refractivity contribution in [2.24, 2.45) is 0 Å². The Labute approximate surface area is 838 Å². The summed E-state index contributed by atoms with van der Waals surface area (Å²) in [5.41, 5.74) is -10.2. The van der Waals surface area contributed by atoms with Crippen LogP contribution in [0, 0.1) is 96.3 Å². The topological polar surface area (TPSA) is 313 Å². The number of carbonyl (C=O) groups is 4. The van der Waals surface area contributed by atoms with Gasteiger partial charge in [0.1, 0.15) is 70.5 Å². The van der Waals surface area contributed by atoms with Crippen molar-refractivity contribution in [3.63, 3.8) is 0 Å². The minimum absolute atomic E-state index is 0.0486. The molecule has 12 aromatic rings. The number of hydrogen-bond acceptors (Lipinski definition) is 24. The van der Waals surface area contributed by atoms with Gasteiger partial charge >= 0.3 is 0 Å². The number of rotatable bonds is 36. The van der Waals surface area contributed by atoms with Gasteiger partial charge in [-0.05, 0) is 255 Å². The van der Waals surface area contributed by atoms with E-state index in [-0.39, 0.29) is 135 Å². The van der Waals surface area contributed by atoms with E-state index in [2.05, 4.69) is 41.2 Å². The highest BCUT2D eigenvalue weighted by Gasteiger charge is 2.23. The number of halogens is 4. The highest BCUT2D eigenvalue weighted by Crippen LogP contribution is 2.40. The molecule has 0 aliphatic carbocycles. The molecule has 0 aliphatic heterocycles. The number of nitriles is 4. The lowest BCUT2D eigenvalue weighted by Gasteiger charge is -2.15. The van der Waals surface area contributed by atoms with E-state index in [1.807, 2.05) is 0 Å². The molecule has 4 N–H and O–H groups in total. The van der Waals surface area contributed by atoms with Crippen LogP contribution in [0.3, 0.4) is 0 Å². The third-order valence-electron chi connectivity index (χ3n) is 16.8. The minimum atomic E-state index is -3.58. The van der Waals surface area contributed by atoms with Crippen LogP contribution in [0.2, 0.25) is 0 Å². The zero-order valence-corrected chi connectivity index (χ0v) is 71.9. The van der Waals surface area contributed by atoms with E-state index in [9.17, 15) is 57.8 Å². The number of ether oxygens (including phenoxy) is 4.